The minimum Gasteiger partial charge on any atom is -0.322 e. The minimum atomic E-state index is -0.392. The van der Waals surface area contributed by atoms with Crippen LogP contribution in [0.25, 0.3) is 0 Å². The number of benzene rings is 2. The van der Waals surface area contributed by atoms with Crippen LogP contribution in [-0.4, -0.2) is 5.91 Å². The first kappa shape index (κ1) is 14.2. The highest BCUT2D eigenvalue weighted by molar-refractivity contribution is 9.10. The molecule has 2 aromatic carbocycles. The fourth-order valence-electron chi connectivity index (χ4n) is 1.60. The molecule has 0 bridgehead atoms. The third-order valence-corrected chi connectivity index (χ3v) is 3.72. The predicted molar refractivity (Wildman–Crippen MR) is 80.9 cm³/mol. The van der Waals surface area contributed by atoms with Gasteiger partial charge >= 0.3 is 0 Å². The average Bonchev–Trinajstić information content (AvgIpc) is 2.36. The number of amides is 1. The summed E-state index contributed by atoms with van der Waals surface area (Å²) in [5.41, 5.74) is 2.08. The van der Waals surface area contributed by atoms with Gasteiger partial charge in [-0.25, -0.2) is 4.39 Å². The summed E-state index contributed by atoms with van der Waals surface area (Å²) in [7, 11) is 0. The van der Waals surface area contributed by atoms with Crippen molar-refractivity contribution in [2.24, 2.45) is 0 Å². The van der Waals surface area contributed by atoms with Crippen molar-refractivity contribution in [3.05, 3.63) is 62.3 Å². The summed E-state index contributed by atoms with van der Waals surface area (Å²) in [6, 6.07) is 9.74. The van der Waals surface area contributed by atoms with E-state index in [1.54, 1.807) is 0 Å². The van der Waals surface area contributed by atoms with E-state index < -0.39 is 5.82 Å². The molecule has 0 aliphatic heterocycles. The lowest BCUT2D eigenvalue weighted by atomic mass is 10.1. The van der Waals surface area contributed by atoms with Crippen LogP contribution in [0.1, 0.15) is 15.9 Å². The summed E-state index contributed by atoms with van der Waals surface area (Å²) in [4.78, 5) is 12.0. The Labute approximate surface area is 127 Å². The monoisotopic (exact) mass is 385 g/mol. The molecule has 0 aromatic heterocycles. The van der Waals surface area contributed by atoms with E-state index in [1.165, 1.54) is 18.2 Å². The van der Waals surface area contributed by atoms with Crippen LogP contribution in [0, 0.1) is 12.7 Å². The SMILES string of the molecule is Cc1cc(Br)ccc1NC(=O)c1ccc(F)c(Br)c1. The molecular formula is C14H10Br2FNO. The van der Waals surface area contributed by atoms with E-state index >= 15 is 0 Å². The first-order chi connectivity index (χ1) is 8.97. The Morgan fingerprint density at radius 1 is 1.16 bits per heavy atom. The lowest BCUT2D eigenvalue weighted by Gasteiger charge is -2.09. The molecule has 1 N–H and O–H groups in total. The largest absolute Gasteiger partial charge is 0.322 e. The molecule has 0 aliphatic carbocycles. The molecule has 0 spiro atoms. The van der Waals surface area contributed by atoms with Gasteiger partial charge in [0.2, 0.25) is 0 Å². The predicted octanol–water partition coefficient (Wildman–Crippen LogP) is 4.91. The van der Waals surface area contributed by atoms with E-state index in [-0.39, 0.29) is 10.4 Å². The number of aryl methyl sites for hydroxylation is 1. The molecule has 0 heterocycles. The topological polar surface area (TPSA) is 29.1 Å². The molecule has 2 aromatic rings. The molecule has 0 saturated heterocycles. The maximum Gasteiger partial charge on any atom is 0.255 e. The molecule has 0 atom stereocenters. The van der Waals surface area contributed by atoms with Crippen LogP contribution in [0.15, 0.2) is 45.3 Å². The maximum atomic E-state index is 13.1. The molecule has 2 rings (SSSR count). The van der Waals surface area contributed by atoms with E-state index in [0.717, 1.165) is 15.7 Å². The second-order valence-corrected chi connectivity index (χ2v) is 5.81. The van der Waals surface area contributed by atoms with Crippen molar-refractivity contribution in [2.75, 3.05) is 5.32 Å². The average molecular weight is 387 g/mol. The summed E-state index contributed by atoms with van der Waals surface area (Å²) in [5, 5.41) is 2.80. The Hall–Kier alpha value is -1.20. The second kappa shape index (κ2) is 5.84. The highest BCUT2D eigenvalue weighted by atomic mass is 79.9. The van der Waals surface area contributed by atoms with Gasteiger partial charge in [0.1, 0.15) is 5.82 Å². The summed E-state index contributed by atoms with van der Waals surface area (Å²) < 4.78 is 14.3. The van der Waals surface area contributed by atoms with E-state index in [0.29, 0.717) is 5.56 Å². The second-order valence-electron chi connectivity index (χ2n) is 4.04. The first-order valence-corrected chi connectivity index (χ1v) is 7.08. The molecule has 0 fully saturated rings. The van der Waals surface area contributed by atoms with Crippen LogP contribution >= 0.6 is 31.9 Å². The molecule has 0 saturated carbocycles. The highest BCUT2D eigenvalue weighted by Crippen LogP contribution is 2.22. The number of hydrogen-bond donors (Lipinski definition) is 1. The summed E-state index contributed by atoms with van der Waals surface area (Å²) in [6.07, 6.45) is 0. The standard InChI is InChI=1S/C14H10Br2FNO/c1-8-6-10(15)3-5-13(8)18-14(19)9-2-4-12(17)11(16)7-9/h2-7H,1H3,(H,18,19). The van der Waals surface area contributed by atoms with Gasteiger partial charge in [0.15, 0.2) is 0 Å². The summed E-state index contributed by atoms with van der Waals surface area (Å²) in [5.74, 6) is -0.664. The zero-order valence-corrected chi connectivity index (χ0v) is 13.2. The Bertz CT molecular complexity index is 643. The molecule has 98 valence electrons. The van der Waals surface area contributed by atoms with Crippen molar-refractivity contribution in [2.45, 2.75) is 6.92 Å². The Balaban J connectivity index is 2.23. The van der Waals surface area contributed by atoms with E-state index in [4.69, 9.17) is 0 Å². The smallest absolute Gasteiger partial charge is 0.255 e. The van der Waals surface area contributed by atoms with E-state index in [2.05, 4.69) is 37.2 Å². The van der Waals surface area contributed by atoms with Crippen LogP contribution in [0.3, 0.4) is 0 Å². The summed E-state index contributed by atoms with van der Waals surface area (Å²) >= 11 is 6.43. The number of rotatable bonds is 2. The lowest BCUT2D eigenvalue weighted by Crippen LogP contribution is -2.12. The van der Waals surface area contributed by atoms with Crippen LogP contribution in [-0.2, 0) is 0 Å². The van der Waals surface area contributed by atoms with Crippen molar-refractivity contribution in [3.63, 3.8) is 0 Å². The molecule has 2 nitrogen and oxygen atoms in total. The molecule has 19 heavy (non-hydrogen) atoms. The van der Waals surface area contributed by atoms with Crippen molar-refractivity contribution >= 4 is 43.5 Å². The third kappa shape index (κ3) is 3.42. The van der Waals surface area contributed by atoms with Gasteiger partial charge in [0.25, 0.3) is 5.91 Å². The van der Waals surface area contributed by atoms with E-state index in [1.807, 2.05) is 25.1 Å². The van der Waals surface area contributed by atoms with Gasteiger partial charge < -0.3 is 5.32 Å². The van der Waals surface area contributed by atoms with Crippen molar-refractivity contribution in [1.29, 1.82) is 0 Å². The Morgan fingerprint density at radius 2 is 1.89 bits per heavy atom. The molecular weight excluding hydrogens is 377 g/mol. The number of carbonyl (C=O) groups is 1. The van der Waals surface area contributed by atoms with Crippen LogP contribution < -0.4 is 5.32 Å². The van der Waals surface area contributed by atoms with Crippen LogP contribution in [0.5, 0.6) is 0 Å². The maximum absolute atomic E-state index is 13.1. The zero-order chi connectivity index (χ0) is 14.0. The van der Waals surface area contributed by atoms with Gasteiger partial charge in [-0.05, 0) is 64.8 Å². The van der Waals surface area contributed by atoms with Gasteiger partial charge in [-0.1, -0.05) is 15.9 Å². The van der Waals surface area contributed by atoms with Gasteiger partial charge in [0, 0.05) is 15.7 Å². The number of nitrogens with one attached hydrogen (secondary N) is 1. The van der Waals surface area contributed by atoms with Gasteiger partial charge in [-0.3, -0.25) is 4.79 Å². The fourth-order valence-corrected chi connectivity index (χ4v) is 2.45. The Morgan fingerprint density at radius 3 is 2.53 bits per heavy atom. The number of hydrogen-bond acceptors (Lipinski definition) is 1. The molecule has 5 heteroatoms. The normalized spacial score (nSPS) is 10.3. The van der Waals surface area contributed by atoms with Crippen molar-refractivity contribution in [3.8, 4) is 0 Å². The number of anilines is 1. The van der Waals surface area contributed by atoms with Crippen molar-refractivity contribution in [1.82, 2.24) is 0 Å². The van der Waals surface area contributed by atoms with Gasteiger partial charge in [-0.2, -0.15) is 0 Å². The highest BCUT2D eigenvalue weighted by Gasteiger charge is 2.10. The van der Waals surface area contributed by atoms with Gasteiger partial charge in [0.05, 0.1) is 4.47 Å². The lowest BCUT2D eigenvalue weighted by molar-refractivity contribution is 0.102. The van der Waals surface area contributed by atoms with E-state index in [9.17, 15) is 9.18 Å². The first-order valence-electron chi connectivity index (χ1n) is 5.50. The molecule has 0 aliphatic rings. The van der Waals surface area contributed by atoms with Crippen molar-refractivity contribution < 1.29 is 9.18 Å². The molecule has 0 radical (unpaired) electrons. The number of carbonyl (C=O) groups excluding carboxylic acids is 1. The summed E-state index contributed by atoms with van der Waals surface area (Å²) in [6.45, 7) is 1.90. The molecule has 1 amide bonds. The zero-order valence-electron chi connectivity index (χ0n) is 10.0. The minimum absolute atomic E-state index is 0.271. The van der Waals surface area contributed by atoms with Gasteiger partial charge in [-0.15, -0.1) is 0 Å². The Kier molecular flexibility index (Phi) is 4.37. The fraction of sp³-hybridized carbons (Fsp3) is 0.0714. The van der Waals surface area contributed by atoms with Crippen LogP contribution in [0.4, 0.5) is 10.1 Å². The van der Waals surface area contributed by atoms with Crippen LogP contribution in [0.2, 0.25) is 0 Å². The quantitative estimate of drug-likeness (QED) is 0.780. The number of halogens is 3. The third-order valence-electron chi connectivity index (χ3n) is 2.62. The molecule has 0 unspecified atom stereocenters.